The van der Waals surface area contributed by atoms with Gasteiger partial charge in [-0.2, -0.15) is 0 Å². The maximum Gasteiger partial charge on any atom is 0.265 e. The van der Waals surface area contributed by atoms with Crippen molar-refractivity contribution in [2.24, 2.45) is 0 Å². The number of halogens is 1. The standard InChI is InChI=1S/C24H22ClN3O3S/c1-14-11-15(2)23(16(3)12-14)32(30,31)27-22-13-18(9-10-20(22)25)28-17(4)26-21-8-6-5-7-19(21)24(28)29/h5-13,27H,1-4H3. The first-order chi connectivity index (χ1) is 15.1. The average molecular weight is 468 g/mol. The highest BCUT2D eigenvalue weighted by molar-refractivity contribution is 7.92. The van der Waals surface area contributed by atoms with Crippen LogP contribution in [0.2, 0.25) is 5.02 Å². The third-order valence-corrected chi connectivity index (χ3v) is 7.27. The zero-order chi connectivity index (χ0) is 23.2. The number of fused-ring (bicyclic) bond motifs is 1. The molecule has 164 valence electrons. The molecular weight excluding hydrogens is 446 g/mol. The summed E-state index contributed by atoms with van der Waals surface area (Å²) >= 11 is 6.33. The summed E-state index contributed by atoms with van der Waals surface area (Å²) in [5, 5.41) is 0.695. The lowest BCUT2D eigenvalue weighted by Crippen LogP contribution is -2.22. The number of rotatable bonds is 4. The fourth-order valence-electron chi connectivity index (χ4n) is 4.06. The van der Waals surface area contributed by atoms with Gasteiger partial charge in [0.25, 0.3) is 15.6 Å². The summed E-state index contributed by atoms with van der Waals surface area (Å²) in [5.41, 5.74) is 3.29. The largest absolute Gasteiger partial charge is 0.278 e. The molecule has 0 aliphatic heterocycles. The van der Waals surface area contributed by atoms with E-state index >= 15 is 0 Å². The summed E-state index contributed by atoms with van der Waals surface area (Å²) < 4.78 is 30.5. The lowest BCUT2D eigenvalue weighted by atomic mass is 10.1. The number of para-hydroxylation sites is 1. The van der Waals surface area contributed by atoms with Crippen LogP contribution in [-0.4, -0.2) is 18.0 Å². The van der Waals surface area contributed by atoms with Crippen LogP contribution in [0, 0.1) is 27.7 Å². The van der Waals surface area contributed by atoms with Crippen molar-refractivity contribution < 1.29 is 8.42 Å². The number of hydrogen-bond donors (Lipinski definition) is 1. The molecule has 0 amide bonds. The fraction of sp³-hybridized carbons (Fsp3) is 0.167. The molecule has 4 aromatic rings. The van der Waals surface area contributed by atoms with Gasteiger partial charge in [-0.05, 0) is 69.2 Å². The molecule has 6 nitrogen and oxygen atoms in total. The van der Waals surface area contributed by atoms with Crippen molar-refractivity contribution in [2.75, 3.05) is 4.72 Å². The Morgan fingerprint density at radius 3 is 2.28 bits per heavy atom. The Morgan fingerprint density at radius 2 is 1.59 bits per heavy atom. The van der Waals surface area contributed by atoms with Crippen LogP contribution < -0.4 is 10.3 Å². The second-order valence-corrected chi connectivity index (χ2v) is 9.84. The minimum atomic E-state index is -3.91. The van der Waals surface area contributed by atoms with Gasteiger partial charge in [0.2, 0.25) is 0 Å². The number of nitrogens with one attached hydrogen (secondary N) is 1. The molecule has 0 spiro atoms. The molecule has 1 N–H and O–H groups in total. The highest BCUT2D eigenvalue weighted by atomic mass is 35.5. The lowest BCUT2D eigenvalue weighted by Gasteiger charge is -2.16. The number of benzene rings is 3. The van der Waals surface area contributed by atoms with E-state index in [0.717, 1.165) is 5.56 Å². The molecule has 0 bridgehead atoms. The van der Waals surface area contributed by atoms with Crippen LogP contribution in [-0.2, 0) is 10.0 Å². The minimum Gasteiger partial charge on any atom is -0.278 e. The van der Waals surface area contributed by atoms with Gasteiger partial charge in [0, 0.05) is 0 Å². The molecule has 32 heavy (non-hydrogen) atoms. The van der Waals surface area contributed by atoms with Crippen LogP contribution in [0.3, 0.4) is 0 Å². The smallest absolute Gasteiger partial charge is 0.265 e. The SMILES string of the molecule is Cc1cc(C)c(S(=O)(=O)Nc2cc(-n3c(C)nc4ccccc4c3=O)ccc2Cl)c(C)c1. The number of aryl methyl sites for hydroxylation is 4. The molecule has 3 aromatic carbocycles. The third kappa shape index (κ3) is 3.89. The van der Waals surface area contributed by atoms with Crippen molar-refractivity contribution in [3.63, 3.8) is 0 Å². The van der Waals surface area contributed by atoms with Crippen LogP contribution in [0.15, 0.2) is 64.3 Å². The topological polar surface area (TPSA) is 81.1 Å². The van der Waals surface area contributed by atoms with E-state index in [0.29, 0.717) is 33.5 Å². The first kappa shape index (κ1) is 22.0. The molecule has 0 saturated heterocycles. The molecule has 0 atom stereocenters. The Kier molecular flexibility index (Phi) is 5.56. The van der Waals surface area contributed by atoms with Crippen LogP contribution in [0.1, 0.15) is 22.5 Å². The number of sulfonamides is 1. The monoisotopic (exact) mass is 467 g/mol. The Labute approximate surface area is 191 Å². The van der Waals surface area contributed by atoms with Crippen LogP contribution >= 0.6 is 11.6 Å². The highest BCUT2D eigenvalue weighted by Crippen LogP contribution is 2.30. The molecule has 4 rings (SSSR count). The van der Waals surface area contributed by atoms with E-state index in [4.69, 9.17) is 11.6 Å². The maximum atomic E-state index is 13.2. The summed E-state index contributed by atoms with van der Waals surface area (Å²) in [4.78, 5) is 17.8. The zero-order valence-corrected chi connectivity index (χ0v) is 19.7. The summed E-state index contributed by atoms with van der Waals surface area (Å²) in [6.07, 6.45) is 0. The van der Waals surface area contributed by atoms with Crippen LogP contribution in [0.25, 0.3) is 16.6 Å². The first-order valence-corrected chi connectivity index (χ1v) is 11.8. The van der Waals surface area contributed by atoms with Gasteiger partial charge in [-0.1, -0.05) is 41.4 Å². The number of nitrogens with zero attached hydrogens (tertiary/aromatic N) is 2. The van der Waals surface area contributed by atoms with E-state index in [-0.39, 0.29) is 21.2 Å². The molecular formula is C24H22ClN3O3S. The number of anilines is 1. The molecule has 8 heteroatoms. The van der Waals surface area contributed by atoms with E-state index in [1.54, 1.807) is 57.2 Å². The Morgan fingerprint density at radius 1 is 0.938 bits per heavy atom. The van der Waals surface area contributed by atoms with Gasteiger partial charge < -0.3 is 0 Å². The average Bonchev–Trinajstić information content (AvgIpc) is 2.69. The predicted molar refractivity (Wildman–Crippen MR) is 129 cm³/mol. The Bertz CT molecular complexity index is 1520. The van der Waals surface area contributed by atoms with Crippen molar-refractivity contribution in [2.45, 2.75) is 32.6 Å². The zero-order valence-electron chi connectivity index (χ0n) is 18.1. The minimum absolute atomic E-state index is 0.183. The van der Waals surface area contributed by atoms with Gasteiger partial charge in [-0.3, -0.25) is 14.1 Å². The molecule has 0 radical (unpaired) electrons. The molecule has 0 unspecified atom stereocenters. The Hall–Kier alpha value is -3.16. The van der Waals surface area contributed by atoms with E-state index < -0.39 is 10.0 Å². The van der Waals surface area contributed by atoms with E-state index in [1.165, 1.54) is 4.57 Å². The van der Waals surface area contributed by atoms with Gasteiger partial charge in [0.1, 0.15) is 5.82 Å². The summed E-state index contributed by atoms with van der Waals surface area (Å²) in [7, 11) is -3.91. The van der Waals surface area contributed by atoms with E-state index in [2.05, 4.69) is 9.71 Å². The predicted octanol–water partition coefficient (Wildman–Crippen LogP) is 5.07. The van der Waals surface area contributed by atoms with Crippen LogP contribution in [0.5, 0.6) is 0 Å². The molecule has 1 heterocycles. The molecule has 0 aliphatic carbocycles. The van der Waals surface area contributed by atoms with E-state index in [1.807, 2.05) is 25.1 Å². The molecule has 0 aliphatic rings. The van der Waals surface area contributed by atoms with Crippen LogP contribution in [0.4, 0.5) is 5.69 Å². The molecule has 0 fully saturated rings. The highest BCUT2D eigenvalue weighted by Gasteiger charge is 2.22. The van der Waals surface area contributed by atoms with Crippen molar-refractivity contribution in [3.8, 4) is 5.69 Å². The number of aromatic nitrogens is 2. The third-order valence-electron chi connectivity index (χ3n) is 5.27. The van der Waals surface area contributed by atoms with Gasteiger partial charge in [0.05, 0.1) is 32.2 Å². The summed E-state index contributed by atoms with van der Waals surface area (Å²) in [6, 6.07) is 15.5. The van der Waals surface area contributed by atoms with Gasteiger partial charge >= 0.3 is 0 Å². The first-order valence-electron chi connectivity index (χ1n) is 9.97. The van der Waals surface area contributed by atoms with Gasteiger partial charge in [-0.25, -0.2) is 13.4 Å². The fourth-order valence-corrected chi connectivity index (χ4v) is 5.81. The van der Waals surface area contributed by atoms with Gasteiger partial charge in [-0.15, -0.1) is 0 Å². The second-order valence-electron chi connectivity index (χ2n) is 7.81. The van der Waals surface area contributed by atoms with Crippen molar-refractivity contribution in [3.05, 3.63) is 92.5 Å². The maximum absolute atomic E-state index is 13.2. The number of hydrogen-bond acceptors (Lipinski definition) is 4. The quantitative estimate of drug-likeness (QED) is 0.454. The second kappa shape index (κ2) is 8.07. The van der Waals surface area contributed by atoms with Crippen molar-refractivity contribution >= 4 is 38.2 Å². The van der Waals surface area contributed by atoms with E-state index in [9.17, 15) is 13.2 Å². The van der Waals surface area contributed by atoms with Crippen molar-refractivity contribution in [1.82, 2.24) is 9.55 Å². The molecule has 1 aromatic heterocycles. The van der Waals surface area contributed by atoms with Crippen molar-refractivity contribution in [1.29, 1.82) is 0 Å². The van der Waals surface area contributed by atoms with Gasteiger partial charge in [0.15, 0.2) is 0 Å². The normalized spacial score (nSPS) is 11.7. The molecule has 0 saturated carbocycles. The summed E-state index contributed by atoms with van der Waals surface area (Å²) in [5.74, 6) is 0.482. The Balaban J connectivity index is 1.83. The summed E-state index contributed by atoms with van der Waals surface area (Å²) in [6.45, 7) is 7.17. The lowest BCUT2D eigenvalue weighted by molar-refractivity contribution is 0.600.